The molecular formula is C15H19N3. The van der Waals surface area contributed by atoms with Gasteiger partial charge in [-0.05, 0) is 49.9 Å². The molecule has 94 valence electrons. The third-order valence-electron chi connectivity index (χ3n) is 4.20. The van der Waals surface area contributed by atoms with Crippen LogP contribution in [-0.4, -0.2) is 16.5 Å². The minimum Gasteiger partial charge on any atom is -0.342 e. The van der Waals surface area contributed by atoms with E-state index < -0.39 is 0 Å². The molecule has 1 saturated carbocycles. The molecule has 2 fully saturated rings. The Labute approximate surface area is 107 Å². The minimum atomic E-state index is 0.538. The van der Waals surface area contributed by atoms with Crippen LogP contribution in [0.3, 0.4) is 0 Å². The zero-order valence-electron chi connectivity index (χ0n) is 10.6. The quantitative estimate of drug-likeness (QED) is 0.847. The number of imidazole rings is 1. The average molecular weight is 241 g/mol. The molecule has 2 N–H and O–H groups in total. The van der Waals surface area contributed by atoms with Crippen LogP contribution in [0.4, 0.5) is 0 Å². The lowest BCUT2D eigenvalue weighted by Gasteiger charge is -2.23. The summed E-state index contributed by atoms with van der Waals surface area (Å²) in [4.78, 5) is 8.18. The molecule has 0 amide bonds. The van der Waals surface area contributed by atoms with Gasteiger partial charge in [0, 0.05) is 12.0 Å². The first-order valence-electron chi connectivity index (χ1n) is 7.13. The number of piperidine rings is 1. The van der Waals surface area contributed by atoms with Crippen molar-refractivity contribution in [3.8, 4) is 0 Å². The molecule has 3 nitrogen and oxygen atoms in total. The number of hydrogen-bond acceptors (Lipinski definition) is 2. The Morgan fingerprint density at radius 1 is 1.11 bits per heavy atom. The van der Waals surface area contributed by atoms with Crippen LogP contribution in [-0.2, 0) is 0 Å². The largest absolute Gasteiger partial charge is 0.342 e. The van der Waals surface area contributed by atoms with E-state index >= 15 is 0 Å². The Bertz CT molecular complexity index is 562. The second-order valence-electron chi connectivity index (χ2n) is 5.68. The molecule has 1 aromatic heterocycles. The number of fused-ring (bicyclic) bond motifs is 1. The molecule has 1 aromatic carbocycles. The monoisotopic (exact) mass is 241 g/mol. The van der Waals surface area contributed by atoms with Crippen molar-refractivity contribution in [3.63, 3.8) is 0 Å². The molecule has 1 aliphatic carbocycles. The van der Waals surface area contributed by atoms with Crippen LogP contribution in [0.2, 0.25) is 0 Å². The number of nitrogens with zero attached hydrogens (tertiary/aromatic N) is 1. The van der Waals surface area contributed by atoms with E-state index in [-0.39, 0.29) is 0 Å². The zero-order chi connectivity index (χ0) is 11.9. The summed E-state index contributed by atoms with van der Waals surface area (Å²) in [5.74, 6) is 1.90. The van der Waals surface area contributed by atoms with Crippen molar-refractivity contribution in [2.75, 3.05) is 6.54 Å². The van der Waals surface area contributed by atoms with Crippen LogP contribution in [0.25, 0.3) is 11.0 Å². The van der Waals surface area contributed by atoms with Crippen molar-refractivity contribution >= 4 is 11.0 Å². The van der Waals surface area contributed by atoms with Crippen molar-refractivity contribution in [2.24, 2.45) is 0 Å². The Hall–Kier alpha value is -1.35. The summed E-state index contributed by atoms with van der Waals surface area (Å²) in [7, 11) is 0. The molecule has 1 atom stereocenters. The van der Waals surface area contributed by atoms with Crippen molar-refractivity contribution in [3.05, 3.63) is 29.6 Å². The van der Waals surface area contributed by atoms with E-state index in [1.165, 1.54) is 49.0 Å². The first-order chi connectivity index (χ1) is 8.90. The van der Waals surface area contributed by atoms with Crippen LogP contribution in [0.5, 0.6) is 0 Å². The second-order valence-corrected chi connectivity index (χ2v) is 5.68. The van der Waals surface area contributed by atoms with E-state index in [4.69, 9.17) is 0 Å². The molecule has 0 spiro atoms. The van der Waals surface area contributed by atoms with Gasteiger partial charge in [0.1, 0.15) is 5.82 Å². The van der Waals surface area contributed by atoms with E-state index in [1.807, 2.05) is 0 Å². The molecule has 2 aliphatic rings. The van der Waals surface area contributed by atoms with E-state index in [0.717, 1.165) is 12.1 Å². The molecule has 2 aromatic rings. The highest BCUT2D eigenvalue weighted by molar-refractivity contribution is 5.76. The number of aromatic amines is 1. The fraction of sp³-hybridized carbons (Fsp3) is 0.533. The van der Waals surface area contributed by atoms with Gasteiger partial charge in [-0.1, -0.05) is 12.5 Å². The Kier molecular flexibility index (Phi) is 2.40. The van der Waals surface area contributed by atoms with Gasteiger partial charge in [0.05, 0.1) is 11.0 Å². The van der Waals surface area contributed by atoms with Crippen LogP contribution in [0.15, 0.2) is 18.2 Å². The van der Waals surface area contributed by atoms with Gasteiger partial charge in [-0.25, -0.2) is 4.98 Å². The summed E-state index contributed by atoms with van der Waals surface area (Å²) in [5, 5.41) is 3.61. The summed E-state index contributed by atoms with van der Waals surface area (Å²) < 4.78 is 0. The number of H-pyrrole nitrogens is 1. The van der Waals surface area contributed by atoms with E-state index in [1.54, 1.807) is 0 Å². The van der Waals surface area contributed by atoms with Gasteiger partial charge in [-0.15, -0.1) is 0 Å². The maximum Gasteiger partial charge on any atom is 0.110 e. The fourth-order valence-electron chi connectivity index (χ4n) is 2.95. The highest BCUT2D eigenvalue weighted by Crippen LogP contribution is 2.39. The normalized spacial score (nSPS) is 24.6. The molecule has 1 aliphatic heterocycles. The maximum absolute atomic E-state index is 4.69. The van der Waals surface area contributed by atoms with Crippen LogP contribution in [0.1, 0.15) is 55.5 Å². The first-order valence-corrected chi connectivity index (χ1v) is 7.13. The first kappa shape index (κ1) is 10.6. The van der Waals surface area contributed by atoms with Gasteiger partial charge in [0.15, 0.2) is 0 Å². The summed E-state index contributed by atoms with van der Waals surface area (Å²) in [6.45, 7) is 1.15. The van der Waals surface area contributed by atoms with Gasteiger partial charge in [-0.3, -0.25) is 0 Å². The van der Waals surface area contributed by atoms with E-state index in [0.29, 0.717) is 12.0 Å². The van der Waals surface area contributed by atoms with Crippen LogP contribution >= 0.6 is 0 Å². The fourth-order valence-corrected chi connectivity index (χ4v) is 2.95. The Morgan fingerprint density at radius 3 is 2.83 bits per heavy atom. The van der Waals surface area contributed by atoms with Gasteiger partial charge < -0.3 is 10.3 Å². The topological polar surface area (TPSA) is 40.7 Å². The van der Waals surface area contributed by atoms with Gasteiger partial charge in [-0.2, -0.15) is 0 Å². The molecule has 1 unspecified atom stereocenters. The highest BCUT2D eigenvalue weighted by Gasteiger charge is 2.26. The van der Waals surface area contributed by atoms with Crippen molar-refractivity contribution in [1.29, 1.82) is 0 Å². The molecule has 0 radical (unpaired) electrons. The van der Waals surface area contributed by atoms with Crippen LogP contribution in [0, 0.1) is 0 Å². The third kappa shape index (κ3) is 1.83. The molecule has 1 saturated heterocycles. The maximum atomic E-state index is 4.69. The molecule has 18 heavy (non-hydrogen) atoms. The number of hydrogen-bond donors (Lipinski definition) is 2. The molecule has 2 heterocycles. The van der Waals surface area contributed by atoms with E-state index in [2.05, 4.69) is 33.5 Å². The summed E-state index contributed by atoms with van der Waals surface area (Å²) in [6.07, 6.45) is 6.52. The lowest BCUT2D eigenvalue weighted by Crippen LogP contribution is -2.26. The SMILES string of the molecule is c1cc2nc(C3CC3)[nH]c2cc1C1CCCCN1. The van der Waals surface area contributed by atoms with Gasteiger partial charge in [0.25, 0.3) is 0 Å². The average Bonchev–Trinajstić information content (AvgIpc) is 3.19. The number of aromatic nitrogens is 2. The van der Waals surface area contributed by atoms with Crippen LogP contribution < -0.4 is 5.32 Å². The predicted molar refractivity (Wildman–Crippen MR) is 72.7 cm³/mol. The lowest BCUT2D eigenvalue weighted by atomic mass is 9.97. The molecule has 4 rings (SSSR count). The zero-order valence-corrected chi connectivity index (χ0v) is 10.6. The van der Waals surface area contributed by atoms with Crippen molar-refractivity contribution in [1.82, 2.24) is 15.3 Å². The standard InChI is InChI=1S/C15H19N3/c1-2-8-16-12(3-1)11-6-7-13-14(9-11)18-15(17-13)10-4-5-10/h6-7,9-10,12,16H,1-5,8H2,(H,17,18). The van der Waals surface area contributed by atoms with Crippen molar-refractivity contribution < 1.29 is 0 Å². The Balaban J connectivity index is 1.69. The number of benzene rings is 1. The predicted octanol–water partition coefficient (Wildman–Crippen LogP) is 3.25. The summed E-state index contributed by atoms with van der Waals surface area (Å²) >= 11 is 0. The van der Waals surface area contributed by atoms with Gasteiger partial charge >= 0.3 is 0 Å². The number of nitrogens with one attached hydrogen (secondary N) is 2. The summed E-state index contributed by atoms with van der Waals surface area (Å²) in [5.41, 5.74) is 3.74. The second kappa shape index (κ2) is 4.09. The highest BCUT2D eigenvalue weighted by atomic mass is 14.9. The van der Waals surface area contributed by atoms with E-state index in [9.17, 15) is 0 Å². The molecule has 3 heteroatoms. The van der Waals surface area contributed by atoms with Crippen molar-refractivity contribution in [2.45, 2.75) is 44.1 Å². The third-order valence-corrected chi connectivity index (χ3v) is 4.20. The Morgan fingerprint density at radius 2 is 2.06 bits per heavy atom. The molecular weight excluding hydrogens is 222 g/mol. The smallest absolute Gasteiger partial charge is 0.110 e. The number of rotatable bonds is 2. The lowest BCUT2D eigenvalue weighted by molar-refractivity contribution is 0.412. The minimum absolute atomic E-state index is 0.538. The van der Waals surface area contributed by atoms with Gasteiger partial charge in [0.2, 0.25) is 0 Å². The summed E-state index contributed by atoms with van der Waals surface area (Å²) in [6, 6.07) is 7.24. The molecule has 0 bridgehead atoms.